The van der Waals surface area contributed by atoms with Gasteiger partial charge in [0.15, 0.2) is 11.0 Å². The highest BCUT2D eigenvalue weighted by molar-refractivity contribution is 7.99. The van der Waals surface area contributed by atoms with Crippen LogP contribution in [0.3, 0.4) is 0 Å². The number of nitrogens with zero attached hydrogens (tertiary/aromatic N) is 3. The average molecular weight is 392 g/mol. The molecule has 0 spiro atoms. The summed E-state index contributed by atoms with van der Waals surface area (Å²) in [4.78, 5) is 0. The van der Waals surface area contributed by atoms with Gasteiger partial charge in [-0.15, -0.1) is 10.2 Å². The van der Waals surface area contributed by atoms with E-state index in [0.29, 0.717) is 39.6 Å². The molecule has 1 aromatic heterocycles. The molecule has 0 N–H and O–H groups in total. The Hall–Kier alpha value is -1.89. The molecule has 7 heteroatoms. The van der Waals surface area contributed by atoms with Crippen LogP contribution in [-0.2, 0) is 4.74 Å². The second kappa shape index (κ2) is 8.66. The maximum atomic E-state index is 14.5. The van der Waals surface area contributed by atoms with Gasteiger partial charge < -0.3 is 4.74 Å². The summed E-state index contributed by atoms with van der Waals surface area (Å²) in [7, 11) is 0. The molecular weight excluding hydrogens is 373 g/mol. The molecule has 3 aromatic rings. The van der Waals surface area contributed by atoms with Gasteiger partial charge in [-0.3, -0.25) is 4.57 Å². The van der Waals surface area contributed by atoms with E-state index < -0.39 is 0 Å². The Labute approximate surface area is 161 Å². The van der Waals surface area contributed by atoms with Crippen LogP contribution in [0.5, 0.6) is 0 Å². The minimum absolute atomic E-state index is 0.165. The lowest BCUT2D eigenvalue weighted by atomic mass is 10.2. The standard InChI is InChI=1S/C19H19ClFN3OS/c1-13(2)25-11-12-26-19-23-22-18(14-7-3-4-8-15(14)20)24(19)17-10-6-5-9-16(17)21/h3-10,13H,11-12H2,1-2H3. The fourth-order valence-electron chi connectivity index (χ4n) is 2.45. The summed E-state index contributed by atoms with van der Waals surface area (Å²) in [5.74, 6) is 0.849. The van der Waals surface area contributed by atoms with E-state index in [2.05, 4.69) is 10.2 Å². The molecule has 1 heterocycles. The average Bonchev–Trinajstić information content (AvgIpc) is 3.03. The lowest BCUT2D eigenvalue weighted by Crippen LogP contribution is -2.07. The number of aromatic nitrogens is 3. The zero-order valence-electron chi connectivity index (χ0n) is 14.5. The summed E-state index contributed by atoms with van der Waals surface area (Å²) in [5.41, 5.74) is 1.09. The van der Waals surface area contributed by atoms with E-state index in [1.54, 1.807) is 28.8 Å². The first kappa shape index (κ1) is 18.9. The van der Waals surface area contributed by atoms with Crippen molar-refractivity contribution in [2.45, 2.75) is 25.1 Å². The minimum Gasteiger partial charge on any atom is -0.378 e. The van der Waals surface area contributed by atoms with Gasteiger partial charge >= 0.3 is 0 Å². The number of halogens is 2. The van der Waals surface area contributed by atoms with Crippen molar-refractivity contribution in [3.05, 3.63) is 59.4 Å². The maximum absolute atomic E-state index is 14.5. The van der Waals surface area contributed by atoms with Crippen LogP contribution in [0.25, 0.3) is 17.1 Å². The third kappa shape index (κ3) is 4.26. The zero-order chi connectivity index (χ0) is 18.5. The van der Waals surface area contributed by atoms with Gasteiger partial charge in [-0.2, -0.15) is 0 Å². The topological polar surface area (TPSA) is 39.9 Å². The van der Waals surface area contributed by atoms with Crippen molar-refractivity contribution in [2.75, 3.05) is 12.4 Å². The second-order valence-corrected chi connectivity index (χ2v) is 7.31. The quantitative estimate of drug-likeness (QED) is 0.407. The number of thioether (sulfide) groups is 1. The van der Waals surface area contributed by atoms with Gasteiger partial charge in [0.05, 0.1) is 23.4 Å². The van der Waals surface area contributed by atoms with Crippen molar-refractivity contribution in [1.29, 1.82) is 0 Å². The molecule has 4 nitrogen and oxygen atoms in total. The van der Waals surface area contributed by atoms with E-state index >= 15 is 0 Å². The first-order valence-electron chi connectivity index (χ1n) is 8.27. The molecule has 0 aliphatic carbocycles. The third-order valence-corrected chi connectivity index (χ3v) is 4.83. The summed E-state index contributed by atoms with van der Waals surface area (Å²) >= 11 is 7.80. The molecule has 0 bridgehead atoms. The van der Waals surface area contributed by atoms with Crippen molar-refractivity contribution >= 4 is 23.4 Å². The van der Waals surface area contributed by atoms with Gasteiger partial charge in [0, 0.05) is 11.3 Å². The number of para-hydroxylation sites is 1. The Morgan fingerprint density at radius 3 is 2.58 bits per heavy atom. The van der Waals surface area contributed by atoms with Crippen LogP contribution in [-0.4, -0.2) is 33.2 Å². The maximum Gasteiger partial charge on any atom is 0.196 e. The largest absolute Gasteiger partial charge is 0.378 e. The van der Waals surface area contributed by atoms with E-state index in [0.717, 1.165) is 0 Å². The van der Waals surface area contributed by atoms with Crippen molar-refractivity contribution in [3.8, 4) is 17.1 Å². The Morgan fingerprint density at radius 1 is 1.12 bits per heavy atom. The molecule has 26 heavy (non-hydrogen) atoms. The molecule has 0 aliphatic heterocycles. The molecular formula is C19H19ClFN3OS. The fraction of sp³-hybridized carbons (Fsp3) is 0.263. The smallest absolute Gasteiger partial charge is 0.196 e. The first-order chi connectivity index (χ1) is 12.6. The highest BCUT2D eigenvalue weighted by Gasteiger charge is 2.19. The van der Waals surface area contributed by atoms with Gasteiger partial charge in [-0.1, -0.05) is 47.6 Å². The van der Waals surface area contributed by atoms with E-state index in [9.17, 15) is 4.39 Å². The van der Waals surface area contributed by atoms with Crippen LogP contribution in [0.4, 0.5) is 4.39 Å². The molecule has 0 unspecified atom stereocenters. The summed E-state index contributed by atoms with van der Waals surface area (Å²) in [6.07, 6.45) is 0.165. The lowest BCUT2D eigenvalue weighted by molar-refractivity contribution is 0.0920. The molecule has 136 valence electrons. The van der Waals surface area contributed by atoms with Crippen LogP contribution in [0, 0.1) is 5.82 Å². The van der Waals surface area contributed by atoms with Gasteiger partial charge in [0.25, 0.3) is 0 Å². The number of rotatable bonds is 7. The molecule has 0 fully saturated rings. The molecule has 2 aromatic carbocycles. The van der Waals surface area contributed by atoms with Crippen LogP contribution in [0.1, 0.15) is 13.8 Å². The molecule has 0 radical (unpaired) electrons. The van der Waals surface area contributed by atoms with Crippen molar-refractivity contribution in [3.63, 3.8) is 0 Å². The van der Waals surface area contributed by atoms with E-state index in [1.165, 1.54) is 17.8 Å². The molecule has 3 rings (SSSR count). The second-order valence-electron chi connectivity index (χ2n) is 5.84. The van der Waals surface area contributed by atoms with Crippen molar-refractivity contribution in [2.24, 2.45) is 0 Å². The number of benzene rings is 2. The summed E-state index contributed by atoms with van der Waals surface area (Å²) in [6, 6.07) is 13.9. The van der Waals surface area contributed by atoms with Crippen molar-refractivity contribution < 1.29 is 9.13 Å². The molecule has 0 atom stereocenters. The summed E-state index contributed by atoms with van der Waals surface area (Å²) in [6.45, 7) is 4.55. The van der Waals surface area contributed by atoms with E-state index in [-0.39, 0.29) is 11.9 Å². The minimum atomic E-state index is -0.346. The third-order valence-electron chi connectivity index (χ3n) is 3.61. The van der Waals surface area contributed by atoms with Gasteiger partial charge in [0.1, 0.15) is 5.82 Å². The Kier molecular flexibility index (Phi) is 6.29. The van der Waals surface area contributed by atoms with Crippen LogP contribution in [0.15, 0.2) is 53.7 Å². The van der Waals surface area contributed by atoms with E-state index in [4.69, 9.17) is 16.3 Å². The molecule has 0 saturated heterocycles. The van der Waals surface area contributed by atoms with Crippen LogP contribution < -0.4 is 0 Å². The first-order valence-corrected chi connectivity index (χ1v) is 9.64. The summed E-state index contributed by atoms with van der Waals surface area (Å²) in [5, 5.41) is 9.68. The fourth-order valence-corrected chi connectivity index (χ4v) is 3.44. The molecule has 0 amide bonds. The number of hydrogen-bond acceptors (Lipinski definition) is 4. The van der Waals surface area contributed by atoms with Crippen LogP contribution in [0.2, 0.25) is 5.02 Å². The Morgan fingerprint density at radius 2 is 1.85 bits per heavy atom. The predicted molar refractivity (Wildman–Crippen MR) is 104 cm³/mol. The van der Waals surface area contributed by atoms with Gasteiger partial charge in [0.2, 0.25) is 0 Å². The Balaban J connectivity index is 2.01. The normalized spacial score (nSPS) is 11.3. The summed E-state index contributed by atoms with van der Waals surface area (Å²) < 4.78 is 21.8. The highest BCUT2D eigenvalue weighted by Crippen LogP contribution is 2.32. The van der Waals surface area contributed by atoms with Gasteiger partial charge in [-0.25, -0.2) is 4.39 Å². The van der Waals surface area contributed by atoms with Gasteiger partial charge in [-0.05, 0) is 38.1 Å². The molecule has 0 aliphatic rings. The number of hydrogen-bond donors (Lipinski definition) is 0. The van der Waals surface area contributed by atoms with E-state index in [1.807, 2.05) is 32.0 Å². The SMILES string of the molecule is CC(C)OCCSc1nnc(-c2ccccc2Cl)n1-c1ccccc1F. The zero-order valence-corrected chi connectivity index (χ0v) is 16.1. The Bertz CT molecular complexity index is 885. The van der Waals surface area contributed by atoms with Crippen molar-refractivity contribution in [1.82, 2.24) is 14.8 Å². The highest BCUT2D eigenvalue weighted by atomic mass is 35.5. The predicted octanol–water partition coefficient (Wildman–Crippen LogP) is 5.24. The lowest BCUT2D eigenvalue weighted by Gasteiger charge is -2.12. The molecule has 0 saturated carbocycles. The van der Waals surface area contributed by atoms with Crippen LogP contribution >= 0.6 is 23.4 Å². The number of ether oxygens (including phenoxy) is 1. The monoisotopic (exact) mass is 391 g/mol.